The molecule has 0 spiro atoms. The average Bonchev–Trinajstić information content (AvgIpc) is 2.93. The van der Waals surface area contributed by atoms with Crippen LogP contribution in [0.5, 0.6) is 0 Å². The highest BCUT2D eigenvalue weighted by atomic mass is 79.9. The maximum atomic E-state index is 12.2. The van der Waals surface area contributed by atoms with Crippen LogP contribution in [0.15, 0.2) is 22.9 Å². The fraction of sp³-hybridized carbons (Fsp3) is 0.385. The Hall–Kier alpha value is -1.74. The Bertz CT molecular complexity index is 547. The summed E-state index contributed by atoms with van der Waals surface area (Å²) < 4.78 is 0.642. The van der Waals surface area contributed by atoms with Gasteiger partial charge in [0.25, 0.3) is 0 Å². The van der Waals surface area contributed by atoms with Crippen molar-refractivity contribution < 1.29 is 9.59 Å². The second-order valence-electron chi connectivity index (χ2n) is 4.35. The molecule has 0 saturated carbocycles. The van der Waals surface area contributed by atoms with E-state index in [1.54, 1.807) is 17.2 Å². The fourth-order valence-electron chi connectivity index (χ4n) is 2.06. The van der Waals surface area contributed by atoms with Crippen molar-refractivity contribution in [3.63, 3.8) is 0 Å². The van der Waals surface area contributed by atoms with E-state index in [-0.39, 0.29) is 5.56 Å². The van der Waals surface area contributed by atoms with Crippen LogP contribution in [0.4, 0.5) is 0 Å². The van der Waals surface area contributed by atoms with Crippen LogP contribution in [-0.2, 0) is 4.79 Å². The minimum Gasteiger partial charge on any atom is -0.341 e. The number of hydrogen-bond acceptors (Lipinski definition) is 4. The van der Waals surface area contributed by atoms with Crippen LogP contribution in [0.3, 0.4) is 0 Å². The van der Waals surface area contributed by atoms with Gasteiger partial charge in [-0.2, -0.15) is 5.26 Å². The minimum absolute atomic E-state index is 0.272. The molecular formula is C13H12BrN3O2. The van der Waals surface area contributed by atoms with E-state index >= 15 is 0 Å². The predicted molar refractivity (Wildman–Crippen MR) is 71.2 cm³/mol. The number of amides is 1. The zero-order valence-corrected chi connectivity index (χ0v) is 11.8. The Morgan fingerprint density at radius 1 is 1.37 bits per heavy atom. The molecule has 0 bridgehead atoms. The number of carbonyl (C=O) groups is 2. The van der Waals surface area contributed by atoms with Gasteiger partial charge < -0.3 is 4.90 Å². The first-order chi connectivity index (χ1) is 9.13. The summed E-state index contributed by atoms with van der Waals surface area (Å²) in [6, 6.07) is 3.38. The van der Waals surface area contributed by atoms with Gasteiger partial charge in [0.2, 0.25) is 5.91 Å². The third kappa shape index (κ3) is 2.99. The van der Waals surface area contributed by atoms with Crippen LogP contribution in [0.1, 0.15) is 23.2 Å². The van der Waals surface area contributed by atoms with Gasteiger partial charge >= 0.3 is 0 Å². The van der Waals surface area contributed by atoms with Gasteiger partial charge in [0.05, 0.1) is 6.07 Å². The van der Waals surface area contributed by atoms with Crippen molar-refractivity contribution in [2.45, 2.75) is 12.8 Å². The molecule has 0 aliphatic carbocycles. The van der Waals surface area contributed by atoms with Gasteiger partial charge in [-0.15, -0.1) is 0 Å². The maximum absolute atomic E-state index is 12.2. The normalized spacial score (nSPS) is 15.9. The molecule has 2 heterocycles. The molecule has 0 radical (unpaired) electrons. The van der Waals surface area contributed by atoms with Crippen molar-refractivity contribution in [1.82, 2.24) is 9.88 Å². The predicted octanol–water partition coefficient (Wildman–Crippen LogP) is 1.79. The molecule has 0 N–H and O–H groups in total. The standard InChI is InChI=1S/C13H12BrN3O2/c14-10-5-9(7-16-8-10)12(18)11(6-15)13(19)17-3-1-2-4-17/h5,7-8,11H,1-4H2/t11-/m1/s1. The Kier molecular flexibility index (Phi) is 4.27. The second-order valence-corrected chi connectivity index (χ2v) is 5.27. The Labute approximate surface area is 119 Å². The van der Waals surface area contributed by atoms with Crippen LogP contribution in [0.2, 0.25) is 0 Å². The van der Waals surface area contributed by atoms with E-state index in [1.807, 2.05) is 6.07 Å². The van der Waals surface area contributed by atoms with Gasteiger partial charge in [-0.25, -0.2) is 0 Å². The summed E-state index contributed by atoms with van der Waals surface area (Å²) >= 11 is 3.21. The summed E-state index contributed by atoms with van der Waals surface area (Å²) in [6.45, 7) is 1.25. The molecule has 6 heteroatoms. The van der Waals surface area contributed by atoms with Crippen molar-refractivity contribution in [2.24, 2.45) is 5.92 Å². The Balaban J connectivity index is 2.20. The monoisotopic (exact) mass is 321 g/mol. The number of nitriles is 1. The van der Waals surface area contributed by atoms with Gasteiger partial charge in [0, 0.05) is 35.5 Å². The summed E-state index contributed by atoms with van der Waals surface area (Å²) in [5, 5.41) is 9.11. The number of nitrogens with zero attached hydrogens (tertiary/aromatic N) is 3. The summed E-state index contributed by atoms with van der Waals surface area (Å²) in [5.41, 5.74) is 0.272. The quantitative estimate of drug-likeness (QED) is 0.628. The number of likely N-dealkylation sites (tertiary alicyclic amines) is 1. The Morgan fingerprint density at radius 3 is 2.63 bits per heavy atom. The molecule has 1 saturated heterocycles. The maximum Gasteiger partial charge on any atom is 0.247 e. The van der Waals surface area contributed by atoms with Gasteiger partial charge in [-0.05, 0) is 34.8 Å². The van der Waals surface area contributed by atoms with Gasteiger partial charge in [0.15, 0.2) is 11.7 Å². The van der Waals surface area contributed by atoms with E-state index in [0.29, 0.717) is 17.6 Å². The Morgan fingerprint density at radius 2 is 2.05 bits per heavy atom. The van der Waals surface area contributed by atoms with Crippen molar-refractivity contribution in [1.29, 1.82) is 5.26 Å². The third-order valence-electron chi connectivity index (χ3n) is 3.05. The lowest BCUT2D eigenvalue weighted by Crippen LogP contribution is -2.37. The van der Waals surface area contributed by atoms with Gasteiger partial charge in [-0.1, -0.05) is 0 Å². The van der Waals surface area contributed by atoms with Crippen molar-refractivity contribution in [3.8, 4) is 6.07 Å². The van der Waals surface area contributed by atoms with Gasteiger partial charge in [-0.3, -0.25) is 14.6 Å². The minimum atomic E-state index is -1.27. The highest BCUT2D eigenvalue weighted by Crippen LogP contribution is 2.17. The first kappa shape index (κ1) is 13.7. The first-order valence-electron chi connectivity index (χ1n) is 5.96. The molecule has 98 valence electrons. The topological polar surface area (TPSA) is 74.1 Å². The summed E-state index contributed by atoms with van der Waals surface area (Å²) in [4.78, 5) is 29.8. The number of rotatable bonds is 3. The number of Topliss-reactive ketones (excluding diaryl/α,β-unsaturated/α-hetero) is 1. The first-order valence-corrected chi connectivity index (χ1v) is 6.76. The number of halogens is 1. The van der Waals surface area contributed by atoms with E-state index in [1.165, 1.54) is 6.20 Å². The third-order valence-corrected chi connectivity index (χ3v) is 3.48. The molecular weight excluding hydrogens is 310 g/mol. The summed E-state index contributed by atoms with van der Waals surface area (Å²) in [6.07, 6.45) is 4.77. The molecule has 0 aromatic carbocycles. The largest absolute Gasteiger partial charge is 0.341 e. The molecule has 1 amide bonds. The molecule has 1 fully saturated rings. The van der Waals surface area contributed by atoms with Gasteiger partial charge in [0.1, 0.15) is 0 Å². The van der Waals surface area contributed by atoms with E-state index in [2.05, 4.69) is 20.9 Å². The molecule has 0 unspecified atom stereocenters. The average molecular weight is 322 g/mol. The lowest BCUT2D eigenvalue weighted by atomic mass is 9.99. The smallest absolute Gasteiger partial charge is 0.247 e. The summed E-state index contributed by atoms with van der Waals surface area (Å²) in [7, 11) is 0. The highest BCUT2D eigenvalue weighted by molar-refractivity contribution is 9.10. The molecule has 1 aliphatic heterocycles. The molecule has 19 heavy (non-hydrogen) atoms. The van der Waals surface area contributed by atoms with Crippen molar-refractivity contribution in [2.75, 3.05) is 13.1 Å². The van der Waals surface area contributed by atoms with Crippen LogP contribution in [-0.4, -0.2) is 34.7 Å². The van der Waals surface area contributed by atoms with E-state index in [9.17, 15) is 9.59 Å². The number of carbonyl (C=O) groups excluding carboxylic acids is 2. The van der Waals surface area contributed by atoms with E-state index < -0.39 is 17.6 Å². The SMILES string of the molecule is N#C[C@H](C(=O)c1cncc(Br)c1)C(=O)N1CCCC1. The van der Waals surface area contributed by atoms with E-state index in [4.69, 9.17) is 5.26 Å². The van der Waals surface area contributed by atoms with Crippen LogP contribution < -0.4 is 0 Å². The van der Waals surface area contributed by atoms with Crippen LogP contribution in [0.25, 0.3) is 0 Å². The summed E-state index contributed by atoms with van der Waals surface area (Å²) in [5.74, 6) is -2.16. The zero-order chi connectivity index (χ0) is 13.8. The molecule has 2 rings (SSSR count). The second kappa shape index (κ2) is 5.93. The number of ketones is 1. The van der Waals surface area contributed by atoms with Crippen LogP contribution in [0, 0.1) is 17.2 Å². The van der Waals surface area contributed by atoms with E-state index in [0.717, 1.165) is 12.8 Å². The zero-order valence-electron chi connectivity index (χ0n) is 10.2. The molecule has 1 atom stereocenters. The molecule has 1 aromatic heterocycles. The fourth-order valence-corrected chi connectivity index (χ4v) is 2.42. The molecule has 1 aromatic rings. The van der Waals surface area contributed by atoms with Crippen molar-refractivity contribution >= 4 is 27.6 Å². The number of hydrogen-bond donors (Lipinski definition) is 0. The molecule has 1 aliphatic rings. The molecule has 5 nitrogen and oxygen atoms in total. The number of pyridine rings is 1. The number of aromatic nitrogens is 1. The van der Waals surface area contributed by atoms with Crippen LogP contribution >= 0.6 is 15.9 Å². The lowest BCUT2D eigenvalue weighted by Gasteiger charge is -2.17. The lowest BCUT2D eigenvalue weighted by molar-refractivity contribution is -0.131. The van der Waals surface area contributed by atoms with Crippen molar-refractivity contribution in [3.05, 3.63) is 28.5 Å². The highest BCUT2D eigenvalue weighted by Gasteiger charge is 2.32.